The standard InChI is InChI=1S/C14H16F4N2O.C2HF3O2/c1-20-3-2-10(8-20)13(21)19-7-9-4-11(14(16,17)18)6-12(15)5-9;3-2(4,5)1(6)7/h4-6,10H,2-3,7-8H2,1H3,(H,19,21);(H,6,7). The number of carbonyl (C=O) groups excluding carboxylic acids is 1. The van der Waals surface area contributed by atoms with Crippen molar-refractivity contribution < 1.29 is 45.4 Å². The third-order valence-corrected chi connectivity index (χ3v) is 3.76. The number of nitrogens with zero attached hydrogens (tertiary/aromatic N) is 1. The van der Waals surface area contributed by atoms with Gasteiger partial charge < -0.3 is 15.3 Å². The molecule has 0 aromatic heterocycles. The number of hydrogen-bond acceptors (Lipinski definition) is 3. The van der Waals surface area contributed by atoms with Crippen LogP contribution in [0.1, 0.15) is 17.5 Å². The van der Waals surface area contributed by atoms with Gasteiger partial charge in [-0.1, -0.05) is 0 Å². The van der Waals surface area contributed by atoms with Gasteiger partial charge in [-0.3, -0.25) is 4.79 Å². The summed E-state index contributed by atoms with van der Waals surface area (Å²) in [7, 11) is 1.90. The van der Waals surface area contributed by atoms with Gasteiger partial charge in [0.15, 0.2) is 0 Å². The minimum absolute atomic E-state index is 0.0991. The van der Waals surface area contributed by atoms with Gasteiger partial charge in [-0.15, -0.1) is 0 Å². The van der Waals surface area contributed by atoms with Gasteiger partial charge in [-0.25, -0.2) is 9.18 Å². The van der Waals surface area contributed by atoms with Crippen LogP contribution in [0.5, 0.6) is 0 Å². The first-order valence-electron chi connectivity index (χ1n) is 7.83. The highest BCUT2D eigenvalue weighted by molar-refractivity contribution is 5.79. The molecule has 1 aromatic rings. The fourth-order valence-electron chi connectivity index (χ4n) is 2.40. The van der Waals surface area contributed by atoms with Gasteiger partial charge in [-0.05, 0) is 43.8 Å². The van der Waals surface area contributed by atoms with E-state index in [-0.39, 0.29) is 23.9 Å². The average Bonchev–Trinajstić information content (AvgIpc) is 2.97. The molecule has 12 heteroatoms. The number of halogens is 7. The molecule has 5 nitrogen and oxygen atoms in total. The van der Waals surface area contributed by atoms with Crippen LogP contribution in [0.25, 0.3) is 0 Å². The maximum atomic E-state index is 13.2. The number of alkyl halides is 6. The number of benzene rings is 1. The Balaban J connectivity index is 0.000000480. The fourth-order valence-corrected chi connectivity index (χ4v) is 2.40. The molecule has 158 valence electrons. The third-order valence-electron chi connectivity index (χ3n) is 3.76. The van der Waals surface area contributed by atoms with Gasteiger partial charge in [0.2, 0.25) is 5.91 Å². The zero-order chi connectivity index (χ0) is 21.7. The van der Waals surface area contributed by atoms with Gasteiger partial charge in [0.25, 0.3) is 0 Å². The largest absolute Gasteiger partial charge is 0.490 e. The molecule has 0 bridgehead atoms. The van der Waals surface area contributed by atoms with E-state index in [4.69, 9.17) is 9.90 Å². The third kappa shape index (κ3) is 7.71. The molecule has 28 heavy (non-hydrogen) atoms. The molecule has 1 amide bonds. The van der Waals surface area contributed by atoms with E-state index in [0.717, 1.165) is 25.1 Å². The molecule has 0 saturated carbocycles. The lowest BCUT2D eigenvalue weighted by atomic mass is 10.1. The number of rotatable bonds is 3. The SMILES string of the molecule is CN1CCC(C(=O)NCc2cc(F)cc(C(F)(F)F)c2)C1.O=C(O)C(F)(F)F. The lowest BCUT2D eigenvalue weighted by Gasteiger charge is -2.13. The molecule has 1 aliphatic rings. The summed E-state index contributed by atoms with van der Waals surface area (Å²) in [6.07, 6.45) is -8.96. The predicted molar refractivity (Wildman–Crippen MR) is 82.5 cm³/mol. The van der Waals surface area contributed by atoms with E-state index in [1.54, 1.807) is 0 Å². The lowest BCUT2D eigenvalue weighted by molar-refractivity contribution is -0.192. The summed E-state index contributed by atoms with van der Waals surface area (Å²) in [5, 5.41) is 9.69. The van der Waals surface area contributed by atoms with Crippen LogP contribution >= 0.6 is 0 Å². The topological polar surface area (TPSA) is 69.6 Å². The smallest absolute Gasteiger partial charge is 0.475 e. The van der Waals surface area contributed by atoms with Gasteiger partial charge in [-0.2, -0.15) is 26.3 Å². The lowest BCUT2D eigenvalue weighted by Crippen LogP contribution is -2.31. The second-order valence-electron chi connectivity index (χ2n) is 6.11. The molecule has 1 saturated heterocycles. The molecule has 1 aliphatic heterocycles. The Morgan fingerprint density at radius 2 is 1.75 bits per heavy atom. The molecule has 2 N–H and O–H groups in total. The Labute approximate surface area is 155 Å². The fraction of sp³-hybridized carbons (Fsp3) is 0.500. The van der Waals surface area contributed by atoms with Crippen molar-refractivity contribution in [3.63, 3.8) is 0 Å². The van der Waals surface area contributed by atoms with Crippen LogP contribution in [0.4, 0.5) is 30.7 Å². The molecule has 1 unspecified atom stereocenters. The summed E-state index contributed by atoms with van der Waals surface area (Å²) >= 11 is 0. The quantitative estimate of drug-likeness (QED) is 0.741. The van der Waals surface area contributed by atoms with Crippen molar-refractivity contribution in [1.82, 2.24) is 10.2 Å². The Morgan fingerprint density at radius 3 is 2.18 bits per heavy atom. The van der Waals surface area contributed by atoms with E-state index >= 15 is 0 Å². The molecule has 1 fully saturated rings. The Hall–Kier alpha value is -2.37. The van der Waals surface area contributed by atoms with Crippen molar-refractivity contribution in [1.29, 1.82) is 0 Å². The molecular formula is C16H17F7N2O3. The molecular weight excluding hydrogens is 401 g/mol. The maximum Gasteiger partial charge on any atom is 0.490 e. The highest BCUT2D eigenvalue weighted by Crippen LogP contribution is 2.30. The summed E-state index contributed by atoms with van der Waals surface area (Å²) in [5.74, 6) is -4.09. The van der Waals surface area contributed by atoms with Crippen molar-refractivity contribution in [3.05, 3.63) is 35.1 Å². The first-order chi connectivity index (χ1) is 12.7. The van der Waals surface area contributed by atoms with Crippen LogP contribution < -0.4 is 5.32 Å². The molecule has 2 rings (SSSR count). The van der Waals surface area contributed by atoms with E-state index in [0.29, 0.717) is 12.6 Å². The van der Waals surface area contributed by atoms with Crippen LogP contribution in [-0.4, -0.2) is 48.2 Å². The van der Waals surface area contributed by atoms with Gasteiger partial charge in [0.05, 0.1) is 11.5 Å². The number of hydrogen-bond donors (Lipinski definition) is 2. The predicted octanol–water partition coefficient (Wildman–Crippen LogP) is 3.05. The van der Waals surface area contributed by atoms with Crippen molar-refractivity contribution in [2.75, 3.05) is 20.1 Å². The Morgan fingerprint density at radius 1 is 1.18 bits per heavy atom. The normalized spacial score (nSPS) is 17.6. The zero-order valence-electron chi connectivity index (χ0n) is 14.5. The number of carbonyl (C=O) groups is 2. The second-order valence-corrected chi connectivity index (χ2v) is 6.11. The summed E-state index contributed by atoms with van der Waals surface area (Å²) in [5.41, 5.74) is -0.950. The van der Waals surface area contributed by atoms with E-state index in [9.17, 15) is 35.5 Å². The molecule has 0 aliphatic carbocycles. The van der Waals surface area contributed by atoms with Crippen LogP contribution in [-0.2, 0) is 22.3 Å². The number of likely N-dealkylation sites (tertiary alicyclic amines) is 1. The van der Waals surface area contributed by atoms with Crippen LogP contribution in [0.2, 0.25) is 0 Å². The highest BCUT2D eigenvalue weighted by Gasteiger charge is 2.38. The van der Waals surface area contributed by atoms with Crippen molar-refractivity contribution >= 4 is 11.9 Å². The Kier molecular flexibility index (Phi) is 7.79. The van der Waals surface area contributed by atoms with E-state index < -0.39 is 29.7 Å². The number of nitrogens with one attached hydrogen (secondary N) is 1. The second kappa shape index (κ2) is 9.22. The summed E-state index contributed by atoms with van der Waals surface area (Å²) in [6.45, 7) is 1.33. The minimum Gasteiger partial charge on any atom is -0.475 e. The zero-order valence-corrected chi connectivity index (χ0v) is 14.5. The highest BCUT2D eigenvalue weighted by atomic mass is 19.4. The first-order valence-corrected chi connectivity index (χ1v) is 7.83. The molecule has 0 spiro atoms. The number of aliphatic carboxylic acids is 1. The van der Waals surface area contributed by atoms with E-state index in [2.05, 4.69) is 5.32 Å². The summed E-state index contributed by atoms with van der Waals surface area (Å²) < 4.78 is 82.7. The first kappa shape index (κ1) is 23.7. The van der Waals surface area contributed by atoms with Crippen LogP contribution in [0.15, 0.2) is 18.2 Å². The molecule has 1 atom stereocenters. The number of carboxylic acids is 1. The average molecular weight is 418 g/mol. The van der Waals surface area contributed by atoms with Crippen LogP contribution in [0.3, 0.4) is 0 Å². The van der Waals surface area contributed by atoms with Crippen LogP contribution in [0, 0.1) is 11.7 Å². The molecule has 0 radical (unpaired) electrons. The molecule has 1 heterocycles. The minimum atomic E-state index is -5.08. The Bertz CT molecular complexity index is 704. The summed E-state index contributed by atoms with van der Waals surface area (Å²) in [6, 6.07) is 2.29. The van der Waals surface area contributed by atoms with Crippen molar-refractivity contribution in [3.8, 4) is 0 Å². The number of amides is 1. The van der Waals surface area contributed by atoms with Gasteiger partial charge in [0.1, 0.15) is 5.82 Å². The van der Waals surface area contributed by atoms with Gasteiger partial charge >= 0.3 is 18.3 Å². The van der Waals surface area contributed by atoms with Crippen molar-refractivity contribution in [2.45, 2.75) is 25.3 Å². The van der Waals surface area contributed by atoms with Gasteiger partial charge in [0, 0.05) is 13.1 Å². The van der Waals surface area contributed by atoms with E-state index in [1.165, 1.54) is 0 Å². The summed E-state index contributed by atoms with van der Waals surface area (Å²) in [4.78, 5) is 22.8. The number of carboxylic acid groups (broad SMARTS) is 1. The van der Waals surface area contributed by atoms with Crippen molar-refractivity contribution in [2.24, 2.45) is 5.92 Å². The van der Waals surface area contributed by atoms with E-state index in [1.807, 2.05) is 11.9 Å². The molecule has 1 aromatic carbocycles. The maximum absolute atomic E-state index is 13.2. The monoisotopic (exact) mass is 418 g/mol.